The first-order valence-corrected chi connectivity index (χ1v) is 10.0. The molecule has 1 spiro atoms. The van der Waals surface area contributed by atoms with Gasteiger partial charge in [0, 0.05) is 44.2 Å². The molecule has 1 unspecified atom stereocenters. The van der Waals surface area contributed by atoms with E-state index in [9.17, 15) is 9.59 Å². The average molecular weight is 378 g/mol. The zero-order valence-corrected chi connectivity index (χ0v) is 16.1. The smallest absolute Gasteiger partial charge is 0.274 e. The Morgan fingerprint density at radius 3 is 2.71 bits per heavy atom. The summed E-state index contributed by atoms with van der Waals surface area (Å²) in [5, 5.41) is 7.80. The summed E-state index contributed by atoms with van der Waals surface area (Å²) in [7, 11) is 0. The molecule has 3 heterocycles. The summed E-state index contributed by atoms with van der Waals surface area (Å²) in [6.45, 7) is 2.91. The Balaban J connectivity index is 1.43. The molecule has 4 rings (SSSR count). The first-order chi connectivity index (χ1) is 13.7. The summed E-state index contributed by atoms with van der Waals surface area (Å²) in [4.78, 5) is 29.2. The average Bonchev–Trinajstić information content (AvgIpc) is 2.75. The predicted octanol–water partition coefficient (Wildman–Crippen LogP) is 2.56. The minimum atomic E-state index is -0.0556. The van der Waals surface area contributed by atoms with Crippen molar-refractivity contribution >= 4 is 11.8 Å². The molecule has 2 saturated heterocycles. The Kier molecular flexibility index (Phi) is 5.37. The van der Waals surface area contributed by atoms with Crippen LogP contribution in [0.25, 0.3) is 0 Å². The molecule has 0 saturated carbocycles. The fourth-order valence-corrected chi connectivity index (χ4v) is 4.51. The molecule has 1 atom stereocenters. The zero-order chi connectivity index (χ0) is 19.4. The molecular weight excluding hydrogens is 352 g/mol. The molecule has 1 aromatic carbocycles. The first-order valence-electron chi connectivity index (χ1n) is 10.0. The minimum absolute atomic E-state index is 0.000711. The lowest BCUT2D eigenvalue weighted by atomic mass is 9.73. The van der Waals surface area contributed by atoms with Gasteiger partial charge in [0.15, 0.2) is 5.69 Å². The molecule has 6 nitrogen and oxygen atoms in total. The second kappa shape index (κ2) is 8.09. The van der Waals surface area contributed by atoms with Gasteiger partial charge in [0.25, 0.3) is 5.91 Å². The van der Waals surface area contributed by atoms with Crippen LogP contribution in [0.15, 0.2) is 48.7 Å². The summed E-state index contributed by atoms with van der Waals surface area (Å²) in [6, 6.07) is 13.7. The number of aromatic nitrogens is 2. The lowest BCUT2D eigenvalue weighted by Gasteiger charge is -2.48. The highest BCUT2D eigenvalue weighted by Gasteiger charge is 2.42. The Morgan fingerprint density at radius 1 is 1.07 bits per heavy atom. The van der Waals surface area contributed by atoms with Gasteiger partial charge in [0.05, 0.1) is 0 Å². The number of benzene rings is 1. The molecule has 0 aliphatic carbocycles. The van der Waals surface area contributed by atoms with Crippen LogP contribution in [-0.2, 0) is 11.2 Å². The van der Waals surface area contributed by atoms with Crippen LogP contribution in [0.2, 0.25) is 0 Å². The van der Waals surface area contributed by atoms with Gasteiger partial charge in [-0.2, -0.15) is 5.10 Å². The number of nitrogens with zero attached hydrogens (tertiary/aromatic N) is 4. The van der Waals surface area contributed by atoms with Gasteiger partial charge < -0.3 is 9.80 Å². The van der Waals surface area contributed by atoms with Crippen LogP contribution in [0, 0.1) is 5.41 Å². The number of piperidine rings is 2. The van der Waals surface area contributed by atoms with E-state index in [0.717, 1.165) is 45.3 Å². The highest BCUT2D eigenvalue weighted by atomic mass is 16.2. The standard InChI is InChI=1S/C22H26N4O2/c27-20-9-12-22(16-25(20)15-10-18-6-2-1-3-7-18)11-5-14-26(17-22)21(28)19-8-4-13-23-24-19/h1-4,6-8,13H,5,9-12,14-17H2. The van der Waals surface area contributed by atoms with E-state index in [2.05, 4.69) is 22.3 Å². The Bertz CT molecular complexity index is 827. The molecule has 2 amide bonds. The van der Waals surface area contributed by atoms with Gasteiger partial charge in [-0.05, 0) is 43.4 Å². The van der Waals surface area contributed by atoms with Crippen LogP contribution in [0.4, 0.5) is 0 Å². The van der Waals surface area contributed by atoms with Crippen LogP contribution in [0.1, 0.15) is 41.7 Å². The summed E-state index contributed by atoms with van der Waals surface area (Å²) in [5.74, 6) is 0.179. The highest BCUT2D eigenvalue weighted by Crippen LogP contribution is 2.39. The molecule has 28 heavy (non-hydrogen) atoms. The third-order valence-corrected chi connectivity index (χ3v) is 6.00. The van der Waals surface area contributed by atoms with Crippen molar-refractivity contribution in [3.63, 3.8) is 0 Å². The van der Waals surface area contributed by atoms with Crippen molar-refractivity contribution in [2.45, 2.75) is 32.1 Å². The van der Waals surface area contributed by atoms with Crippen molar-refractivity contribution in [1.82, 2.24) is 20.0 Å². The Labute approximate surface area is 165 Å². The number of hydrogen-bond acceptors (Lipinski definition) is 4. The lowest BCUT2D eigenvalue weighted by Crippen LogP contribution is -2.55. The van der Waals surface area contributed by atoms with Crippen molar-refractivity contribution in [2.24, 2.45) is 5.41 Å². The van der Waals surface area contributed by atoms with Crippen molar-refractivity contribution in [2.75, 3.05) is 26.2 Å². The van der Waals surface area contributed by atoms with Crippen molar-refractivity contribution in [3.8, 4) is 0 Å². The van der Waals surface area contributed by atoms with E-state index in [0.29, 0.717) is 18.7 Å². The van der Waals surface area contributed by atoms with Crippen LogP contribution < -0.4 is 0 Å². The van der Waals surface area contributed by atoms with Gasteiger partial charge in [0.2, 0.25) is 5.91 Å². The largest absolute Gasteiger partial charge is 0.342 e. The molecule has 0 bridgehead atoms. The van der Waals surface area contributed by atoms with Gasteiger partial charge in [-0.25, -0.2) is 0 Å². The molecule has 146 valence electrons. The lowest BCUT2D eigenvalue weighted by molar-refractivity contribution is -0.138. The molecule has 2 aliphatic rings. The maximum Gasteiger partial charge on any atom is 0.274 e. The number of carbonyl (C=O) groups excluding carboxylic acids is 2. The van der Waals surface area contributed by atoms with E-state index in [1.165, 1.54) is 5.56 Å². The van der Waals surface area contributed by atoms with Crippen molar-refractivity contribution in [3.05, 3.63) is 59.9 Å². The number of likely N-dealkylation sites (tertiary alicyclic amines) is 2. The fraction of sp³-hybridized carbons (Fsp3) is 0.455. The normalized spacial score (nSPS) is 22.5. The summed E-state index contributed by atoms with van der Waals surface area (Å²) in [6.07, 6.45) is 5.90. The molecule has 2 aliphatic heterocycles. The minimum Gasteiger partial charge on any atom is -0.342 e. The van der Waals surface area contributed by atoms with Crippen LogP contribution in [0.5, 0.6) is 0 Å². The van der Waals surface area contributed by atoms with Gasteiger partial charge in [-0.3, -0.25) is 9.59 Å². The summed E-state index contributed by atoms with van der Waals surface area (Å²) >= 11 is 0. The van der Waals surface area contributed by atoms with E-state index < -0.39 is 0 Å². The van der Waals surface area contributed by atoms with Crippen LogP contribution in [0.3, 0.4) is 0 Å². The second-order valence-corrected chi connectivity index (χ2v) is 7.99. The molecule has 1 aromatic heterocycles. The maximum absolute atomic E-state index is 12.8. The molecule has 2 fully saturated rings. The number of rotatable bonds is 4. The Hall–Kier alpha value is -2.76. The van der Waals surface area contributed by atoms with E-state index in [-0.39, 0.29) is 17.2 Å². The highest BCUT2D eigenvalue weighted by molar-refractivity contribution is 5.92. The SMILES string of the molecule is O=C1CCC2(CCCN(C(=O)c3cccnn3)C2)CN1CCc1ccccc1. The molecule has 6 heteroatoms. The number of amides is 2. The van der Waals surface area contributed by atoms with Gasteiger partial charge in [-0.15, -0.1) is 5.10 Å². The van der Waals surface area contributed by atoms with Crippen LogP contribution in [-0.4, -0.2) is 58.0 Å². The van der Waals surface area contributed by atoms with Crippen molar-refractivity contribution in [1.29, 1.82) is 0 Å². The first kappa shape index (κ1) is 18.6. The third kappa shape index (κ3) is 4.06. The van der Waals surface area contributed by atoms with E-state index in [4.69, 9.17) is 0 Å². The number of hydrogen-bond donors (Lipinski definition) is 0. The third-order valence-electron chi connectivity index (χ3n) is 6.00. The van der Waals surface area contributed by atoms with E-state index in [1.54, 1.807) is 18.3 Å². The van der Waals surface area contributed by atoms with Crippen LogP contribution >= 0.6 is 0 Å². The second-order valence-electron chi connectivity index (χ2n) is 7.99. The summed E-state index contributed by atoms with van der Waals surface area (Å²) in [5.41, 5.74) is 1.64. The molecule has 0 radical (unpaired) electrons. The zero-order valence-electron chi connectivity index (χ0n) is 16.1. The van der Waals surface area contributed by atoms with E-state index in [1.807, 2.05) is 28.0 Å². The van der Waals surface area contributed by atoms with Gasteiger partial charge in [0.1, 0.15) is 0 Å². The summed E-state index contributed by atoms with van der Waals surface area (Å²) < 4.78 is 0. The van der Waals surface area contributed by atoms with Gasteiger partial charge >= 0.3 is 0 Å². The quantitative estimate of drug-likeness (QED) is 0.820. The van der Waals surface area contributed by atoms with Gasteiger partial charge in [-0.1, -0.05) is 30.3 Å². The van der Waals surface area contributed by atoms with Crippen molar-refractivity contribution < 1.29 is 9.59 Å². The topological polar surface area (TPSA) is 66.4 Å². The molecule has 0 N–H and O–H groups in total. The molecular formula is C22H26N4O2. The predicted molar refractivity (Wildman–Crippen MR) is 106 cm³/mol. The maximum atomic E-state index is 12.8. The van der Waals surface area contributed by atoms with E-state index >= 15 is 0 Å². The number of carbonyl (C=O) groups is 2. The monoisotopic (exact) mass is 378 g/mol. The fourth-order valence-electron chi connectivity index (χ4n) is 4.51. The molecule has 2 aromatic rings. The Morgan fingerprint density at radius 2 is 1.93 bits per heavy atom.